The van der Waals surface area contributed by atoms with Gasteiger partial charge in [-0.15, -0.1) is 0 Å². The van der Waals surface area contributed by atoms with E-state index in [1.165, 1.54) is 19.2 Å². The van der Waals surface area contributed by atoms with Gasteiger partial charge in [-0.05, 0) is 18.6 Å². The van der Waals surface area contributed by atoms with Crippen molar-refractivity contribution < 1.29 is 13.5 Å². The van der Waals surface area contributed by atoms with Gasteiger partial charge in [0.1, 0.15) is 0 Å². The molecule has 1 aliphatic heterocycles. The number of rotatable bonds is 2. The molecule has 0 atom stereocenters. The molecule has 1 aromatic carbocycles. The lowest BCUT2D eigenvalue weighted by atomic mass is 10.0. The first-order valence-electron chi connectivity index (χ1n) is 6.82. The van der Waals surface area contributed by atoms with Gasteiger partial charge in [-0.25, -0.2) is 4.39 Å². The van der Waals surface area contributed by atoms with Gasteiger partial charge in [-0.3, -0.25) is 4.98 Å². The Labute approximate surface area is 122 Å². The van der Waals surface area contributed by atoms with E-state index in [4.69, 9.17) is 4.74 Å². The number of aryl methyl sites for hydroxylation is 1. The van der Waals surface area contributed by atoms with Crippen molar-refractivity contribution in [1.82, 2.24) is 4.98 Å². The van der Waals surface area contributed by atoms with E-state index in [9.17, 15) is 8.78 Å². The predicted molar refractivity (Wildman–Crippen MR) is 76.6 cm³/mol. The average Bonchev–Trinajstić information content (AvgIpc) is 2.49. The molecule has 2 heterocycles. The molecule has 1 aliphatic rings. The SMILES string of the molecule is COc1cc(N2CCc3nc(C)ccc3C2)cc(F)c1F. The maximum absolute atomic E-state index is 13.6. The van der Waals surface area contributed by atoms with E-state index < -0.39 is 11.6 Å². The van der Waals surface area contributed by atoms with Gasteiger partial charge in [0.15, 0.2) is 11.6 Å². The van der Waals surface area contributed by atoms with E-state index >= 15 is 0 Å². The van der Waals surface area contributed by atoms with E-state index in [0.29, 0.717) is 12.2 Å². The van der Waals surface area contributed by atoms with Gasteiger partial charge < -0.3 is 9.64 Å². The second kappa shape index (κ2) is 5.31. The molecule has 3 rings (SSSR count). The Kier molecular flexibility index (Phi) is 3.49. The number of hydrogen-bond acceptors (Lipinski definition) is 3. The van der Waals surface area contributed by atoms with E-state index in [-0.39, 0.29) is 5.75 Å². The molecule has 0 saturated carbocycles. The monoisotopic (exact) mass is 290 g/mol. The molecule has 5 heteroatoms. The fraction of sp³-hybridized carbons (Fsp3) is 0.312. The summed E-state index contributed by atoms with van der Waals surface area (Å²) in [6.45, 7) is 3.32. The van der Waals surface area contributed by atoms with E-state index in [1.807, 2.05) is 24.0 Å². The number of nitrogens with zero attached hydrogens (tertiary/aromatic N) is 2. The van der Waals surface area contributed by atoms with E-state index in [0.717, 1.165) is 29.9 Å². The Bertz CT molecular complexity index is 688. The summed E-state index contributed by atoms with van der Waals surface area (Å²) >= 11 is 0. The van der Waals surface area contributed by atoms with Gasteiger partial charge in [0.05, 0.1) is 7.11 Å². The van der Waals surface area contributed by atoms with Crippen molar-refractivity contribution in [1.29, 1.82) is 0 Å². The summed E-state index contributed by atoms with van der Waals surface area (Å²) in [4.78, 5) is 6.53. The highest BCUT2D eigenvalue weighted by atomic mass is 19.2. The second-order valence-corrected chi connectivity index (χ2v) is 5.17. The van der Waals surface area contributed by atoms with Gasteiger partial charge >= 0.3 is 0 Å². The molecular weight excluding hydrogens is 274 g/mol. The summed E-state index contributed by atoms with van der Waals surface area (Å²) in [5.41, 5.74) is 3.82. The zero-order valence-corrected chi connectivity index (χ0v) is 12.0. The number of fused-ring (bicyclic) bond motifs is 1. The normalized spacial score (nSPS) is 14.0. The number of halogens is 2. The van der Waals surface area contributed by atoms with Crippen LogP contribution in [0, 0.1) is 18.6 Å². The van der Waals surface area contributed by atoms with Crippen LogP contribution in [0.25, 0.3) is 0 Å². The Balaban J connectivity index is 1.93. The summed E-state index contributed by atoms with van der Waals surface area (Å²) in [5, 5.41) is 0. The van der Waals surface area contributed by atoms with Gasteiger partial charge in [0.2, 0.25) is 5.82 Å². The number of benzene rings is 1. The fourth-order valence-corrected chi connectivity index (χ4v) is 2.63. The average molecular weight is 290 g/mol. The van der Waals surface area contributed by atoms with Crippen LogP contribution in [0.15, 0.2) is 24.3 Å². The third kappa shape index (κ3) is 2.55. The molecular formula is C16H16F2N2O. The molecule has 0 fully saturated rings. The summed E-state index contributed by atoms with van der Waals surface area (Å²) in [7, 11) is 1.33. The zero-order chi connectivity index (χ0) is 15.0. The molecule has 1 aromatic heterocycles. The number of ether oxygens (including phenoxy) is 1. The van der Waals surface area contributed by atoms with Crippen molar-refractivity contribution in [2.45, 2.75) is 19.9 Å². The van der Waals surface area contributed by atoms with Crippen molar-refractivity contribution in [3.63, 3.8) is 0 Å². The minimum absolute atomic E-state index is 0.0715. The molecule has 2 aromatic rings. The maximum Gasteiger partial charge on any atom is 0.200 e. The van der Waals surface area contributed by atoms with Crippen LogP contribution in [0.3, 0.4) is 0 Å². The smallest absolute Gasteiger partial charge is 0.200 e. The number of anilines is 1. The Morgan fingerprint density at radius 2 is 2.05 bits per heavy atom. The minimum atomic E-state index is -0.948. The standard InChI is InChI=1S/C16H16F2N2O/c1-10-3-4-11-9-20(6-5-14(11)19-10)12-7-13(17)16(18)15(8-12)21-2/h3-4,7-8H,5-6,9H2,1-2H3. The highest BCUT2D eigenvalue weighted by molar-refractivity contribution is 5.53. The molecule has 0 unspecified atom stereocenters. The molecule has 0 radical (unpaired) electrons. The molecule has 110 valence electrons. The summed E-state index contributed by atoms with van der Waals surface area (Å²) in [6.07, 6.45) is 0.790. The first kappa shape index (κ1) is 13.8. The van der Waals surface area contributed by atoms with E-state index in [2.05, 4.69) is 4.98 Å². The molecule has 0 N–H and O–H groups in total. The number of pyridine rings is 1. The molecule has 0 spiro atoms. The Hall–Kier alpha value is -2.17. The summed E-state index contributed by atoms with van der Waals surface area (Å²) in [5.74, 6) is -1.91. The van der Waals surface area contributed by atoms with Crippen molar-refractivity contribution in [2.75, 3.05) is 18.6 Å². The first-order chi connectivity index (χ1) is 10.1. The van der Waals surface area contributed by atoms with Gasteiger partial charge in [-0.1, -0.05) is 6.07 Å². The van der Waals surface area contributed by atoms with Crippen molar-refractivity contribution in [3.05, 3.63) is 52.9 Å². The van der Waals surface area contributed by atoms with Crippen LogP contribution < -0.4 is 9.64 Å². The Morgan fingerprint density at radius 1 is 1.24 bits per heavy atom. The van der Waals surface area contributed by atoms with Gasteiger partial charge in [-0.2, -0.15) is 4.39 Å². The number of hydrogen-bond donors (Lipinski definition) is 0. The quantitative estimate of drug-likeness (QED) is 0.849. The number of methoxy groups -OCH3 is 1. The molecule has 3 nitrogen and oxygen atoms in total. The van der Waals surface area contributed by atoms with Crippen LogP contribution in [0.1, 0.15) is 17.0 Å². The van der Waals surface area contributed by atoms with Crippen molar-refractivity contribution in [2.24, 2.45) is 0 Å². The molecule has 0 bridgehead atoms. The van der Waals surface area contributed by atoms with Gasteiger partial charge in [0.25, 0.3) is 0 Å². The lowest BCUT2D eigenvalue weighted by Gasteiger charge is -2.30. The molecule has 0 amide bonds. The second-order valence-electron chi connectivity index (χ2n) is 5.17. The van der Waals surface area contributed by atoms with Crippen molar-refractivity contribution >= 4 is 5.69 Å². The maximum atomic E-state index is 13.6. The third-order valence-electron chi connectivity index (χ3n) is 3.75. The van der Waals surface area contributed by atoms with Crippen LogP contribution >= 0.6 is 0 Å². The first-order valence-corrected chi connectivity index (χ1v) is 6.82. The van der Waals surface area contributed by atoms with Crippen LogP contribution in [-0.4, -0.2) is 18.6 Å². The van der Waals surface area contributed by atoms with E-state index in [1.54, 1.807) is 0 Å². The summed E-state index contributed by atoms with van der Waals surface area (Å²) in [6, 6.07) is 6.75. The topological polar surface area (TPSA) is 25.4 Å². The number of aromatic nitrogens is 1. The predicted octanol–water partition coefficient (Wildman–Crippen LogP) is 3.24. The van der Waals surface area contributed by atoms with Crippen molar-refractivity contribution in [3.8, 4) is 5.75 Å². The summed E-state index contributed by atoms with van der Waals surface area (Å²) < 4.78 is 32.0. The fourth-order valence-electron chi connectivity index (χ4n) is 2.63. The zero-order valence-electron chi connectivity index (χ0n) is 12.0. The highest BCUT2D eigenvalue weighted by Gasteiger charge is 2.20. The lowest BCUT2D eigenvalue weighted by Crippen LogP contribution is -2.31. The van der Waals surface area contributed by atoms with Crippen LogP contribution in [0.5, 0.6) is 5.75 Å². The van der Waals surface area contributed by atoms with Crippen LogP contribution in [0.2, 0.25) is 0 Å². The minimum Gasteiger partial charge on any atom is -0.493 e. The van der Waals surface area contributed by atoms with Gasteiger partial charge in [0, 0.05) is 48.7 Å². The Morgan fingerprint density at radius 3 is 2.81 bits per heavy atom. The van der Waals surface area contributed by atoms with Crippen LogP contribution in [0.4, 0.5) is 14.5 Å². The third-order valence-corrected chi connectivity index (χ3v) is 3.75. The lowest BCUT2D eigenvalue weighted by molar-refractivity contribution is 0.372. The molecule has 0 saturated heterocycles. The largest absolute Gasteiger partial charge is 0.493 e. The molecule has 0 aliphatic carbocycles. The highest BCUT2D eigenvalue weighted by Crippen LogP contribution is 2.30. The molecule has 21 heavy (non-hydrogen) atoms. The van der Waals surface area contributed by atoms with Crippen LogP contribution in [-0.2, 0) is 13.0 Å².